The summed E-state index contributed by atoms with van der Waals surface area (Å²) in [5.41, 5.74) is 2.63. The molecule has 1 aromatic rings. The van der Waals surface area contributed by atoms with Gasteiger partial charge in [-0.3, -0.25) is 0 Å². The van der Waals surface area contributed by atoms with Crippen LogP contribution in [0.15, 0.2) is 24.3 Å². The van der Waals surface area contributed by atoms with Crippen LogP contribution < -0.4 is 0 Å². The van der Waals surface area contributed by atoms with E-state index in [-0.39, 0.29) is 13.5 Å². The second-order valence-corrected chi connectivity index (χ2v) is 2.74. The monoisotopic (exact) mass is 168 g/mol. The minimum absolute atomic E-state index is 0. The highest BCUT2D eigenvalue weighted by atomic mass is 32.1. The number of rotatable bonds is 1. The zero-order valence-electron chi connectivity index (χ0n) is 6.50. The molecule has 1 heterocycles. The molecule has 60 valence electrons. The van der Waals surface area contributed by atoms with Gasteiger partial charge in [-0.05, 0) is 12.5 Å². The van der Waals surface area contributed by atoms with Gasteiger partial charge in [0.2, 0.25) is 0 Å². The van der Waals surface area contributed by atoms with Gasteiger partial charge in [0.05, 0.1) is 6.61 Å². The Bertz CT molecular complexity index is 243. The minimum Gasteiger partial charge on any atom is -0.368 e. The number of aryl methyl sites for hydroxylation is 1. The van der Waals surface area contributed by atoms with Crippen molar-refractivity contribution in [3.05, 3.63) is 35.4 Å². The van der Waals surface area contributed by atoms with Crippen molar-refractivity contribution < 1.29 is 4.74 Å². The maximum absolute atomic E-state index is 5.15. The van der Waals surface area contributed by atoms with Crippen LogP contribution in [-0.2, 0) is 4.74 Å². The first-order valence-electron chi connectivity index (χ1n) is 3.54. The molecule has 1 aromatic carbocycles. The largest absolute Gasteiger partial charge is 0.368 e. The van der Waals surface area contributed by atoms with Crippen molar-refractivity contribution >= 4 is 13.5 Å². The van der Waals surface area contributed by atoms with Crippen molar-refractivity contribution in [1.29, 1.82) is 0 Å². The first-order valence-corrected chi connectivity index (χ1v) is 3.54. The molecule has 0 spiro atoms. The van der Waals surface area contributed by atoms with Gasteiger partial charge in [-0.25, -0.2) is 0 Å². The standard InChI is InChI=1S/C9H10O.H2S/c1-7-3-2-4-8(5-7)9-6-10-9;/h2-5,9H,6H2,1H3;1H2/t9-;/m1./s1. The molecule has 0 bridgehead atoms. The Morgan fingerprint density at radius 1 is 1.45 bits per heavy atom. The quantitative estimate of drug-likeness (QED) is 0.585. The molecule has 0 aromatic heterocycles. The summed E-state index contributed by atoms with van der Waals surface area (Å²) >= 11 is 0. The zero-order valence-corrected chi connectivity index (χ0v) is 7.50. The lowest BCUT2D eigenvalue weighted by Crippen LogP contribution is -1.80. The summed E-state index contributed by atoms with van der Waals surface area (Å²) in [6.45, 7) is 3.01. The zero-order chi connectivity index (χ0) is 6.97. The molecule has 1 atom stereocenters. The van der Waals surface area contributed by atoms with Crippen LogP contribution in [0.5, 0.6) is 0 Å². The molecular formula is C9H12OS. The van der Waals surface area contributed by atoms with Crippen molar-refractivity contribution in [2.45, 2.75) is 13.0 Å². The summed E-state index contributed by atoms with van der Waals surface area (Å²) in [6.07, 6.45) is 0.403. The van der Waals surface area contributed by atoms with Crippen molar-refractivity contribution in [2.75, 3.05) is 6.61 Å². The molecule has 1 aliphatic heterocycles. The van der Waals surface area contributed by atoms with Gasteiger partial charge in [-0.1, -0.05) is 29.8 Å². The van der Waals surface area contributed by atoms with Gasteiger partial charge in [0.1, 0.15) is 6.10 Å². The third kappa shape index (κ3) is 1.98. The summed E-state index contributed by atoms with van der Waals surface area (Å²) in [4.78, 5) is 0. The van der Waals surface area contributed by atoms with Gasteiger partial charge in [0.25, 0.3) is 0 Å². The van der Waals surface area contributed by atoms with E-state index in [0.29, 0.717) is 6.10 Å². The van der Waals surface area contributed by atoms with E-state index in [1.165, 1.54) is 11.1 Å². The van der Waals surface area contributed by atoms with Crippen LogP contribution in [-0.4, -0.2) is 6.61 Å². The SMILES string of the molecule is Cc1cccc([C@H]2CO2)c1.S. The van der Waals surface area contributed by atoms with Crippen LogP contribution in [0.1, 0.15) is 17.2 Å². The number of hydrogen-bond acceptors (Lipinski definition) is 1. The first kappa shape index (κ1) is 8.62. The summed E-state index contributed by atoms with van der Waals surface area (Å²) in [7, 11) is 0. The van der Waals surface area contributed by atoms with Gasteiger partial charge in [0.15, 0.2) is 0 Å². The Hall–Kier alpha value is -0.470. The van der Waals surface area contributed by atoms with Crippen LogP contribution in [0, 0.1) is 6.92 Å². The Labute approximate surface area is 73.8 Å². The van der Waals surface area contributed by atoms with E-state index < -0.39 is 0 Å². The molecule has 0 amide bonds. The van der Waals surface area contributed by atoms with E-state index in [1.807, 2.05) is 0 Å². The van der Waals surface area contributed by atoms with Crippen molar-refractivity contribution in [2.24, 2.45) is 0 Å². The highest BCUT2D eigenvalue weighted by Gasteiger charge is 2.24. The number of ether oxygens (including phenoxy) is 1. The van der Waals surface area contributed by atoms with E-state index in [4.69, 9.17) is 4.74 Å². The lowest BCUT2D eigenvalue weighted by atomic mass is 10.1. The van der Waals surface area contributed by atoms with Crippen LogP contribution in [0.2, 0.25) is 0 Å². The van der Waals surface area contributed by atoms with Crippen molar-refractivity contribution in [3.63, 3.8) is 0 Å². The van der Waals surface area contributed by atoms with Crippen LogP contribution in [0.4, 0.5) is 0 Å². The predicted molar refractivity (Wildman–Crippen MR) is 50.3 cm³/mol. The van der Waals surface area contributed by atoms with E-state index in [0.717, 1.165) is 6.61 Å². The lowest BCUT2D eigenvalue weighted by molar-refractivity contribution is 0.415. The number of benzene rings is 1. The highest BCUT2D eigenvalue weighted by Crippen LogP contribution is 2.29. The average molecular weight is 168 g/mol. The average Bonchev–Trinajstić information content (AvgIpc) is 2.68. The van der Waals surface area contributed by atoms with Gasteiger partial charge < -0.3 is 4.74 Å². The fraction of sp³-hybridized carbons (Fsp3) is 0.333. The minimum atomic E-state index is 0. The first-order chi connectivity index (χ1) is 4.86. The maximum Gasteiger partial charge on any atom is 0.106 e. The van der Waals surface area contributed by atoms with E-state index in [2.05, 4.69) is 31.2 Å². The van der Waals surface area contributed by atoms with E-state index in [9.17, 15) is 0 Å². The Kier molecular flexibility index (Phi) is 2.58. The fourth-order valence-electron chi connectivity index (χ4n) is 1.11. The molecule has 0 N–H and O–H groups in total. The van der Waals surface area contributed by atoms with Gasteiger partial charge in [-0.2, -0.15) is 13.5 Å². The number of hydrogen-bond donors (Lipinski definition) is 0. The van der Waals surface area contributed by atoms with Gasteiger partial charge >= 0.3 is 0 Å². The molecular weight excluding hydrogens is 156 g/mol. The molecule has 1 saturated heterocycles. The van der Waals surface area contributed by atoms with Gasteiger partial charge in [-0.15, -0.1) is 0 Å². The Balaban J connectivity index is 0.000000605. The van der Waals surface area contributed by atoms with E-state index in [1.54, 1.807) is 0 Å². The fourth-order valence-corrected chi connectivity index (χ4v) is 1.11. The van der Waals surface area contributed by atoms with E-state index >= 15 is 0 Å². The molecule has 1 fully saturated rings. The maximum atomic E-state index is 5.15. The molecule has 2 heteroatoms. The molecule has 11 heavy (non-hydrogen) atoms. The summed E-state index contributed by atoms with van der Waals surface area (Å²) in [5.74, 6) is 0. The third-order valence-electron chi connectivity index (χ3n) is 1.75. The topological polar surface area (TPSA) is 12.5 Å². The molecule has 1 aliphatic rings. The predicted octanol–water partition coefficient (Wildman–Crippen LogP) is 2.18. The Morgan fingerprint density at radius 3 is 2.73 bits per heavy atom. The number of epoxide rings is 1. The summed E-state index contributed by atoms with van der Waals surface area (Å²) in [5, 5.41) is 0. The molecule has 0 aliphatic carbocycles. The van der Waals surface area contributed by atoms with Crippen LogP contribution >= 0.6 is 13.5 Å². The Morgan fingerprint density at radius 2 is 2.18 bits per heavy atom. The van der Waals surface area contributed by atoms with Crippen LogP contribution in [0.3, 0.4) is 0 Å². The van der Waals surface area contributed by atoms with Crippen LogP contribution in [0.25, 0.3) is 0 Å². The smallest absolute Gasteiger partial charge is 0.106 e. The second kappa shape index (κ2) is 3.28. The highest BCUT2D eigenvalue weighted by molar-refractivity contribution is 7.59. The lowest BCUT2D eigenvalue weighted by Gasteiger charge is -1.95. The summed E-state index contributed by atoms with van der Waals surface area (Å²) < 4.78 is 5.15. The summed E-state index contributed by atoms with van der Waals surface area (Å²) in [6, 6.07) is 8.47. The molecule has 0 saturated carbocycles. The molecule has 2 rings (SSSR count). The molecule has 0 unspecified atom stereocenters. The normalized spacial score (nSPS) is 20.6. The van der Waals surface area contributed by atoms with Gasteiger partial charge in [0, 0.05) is 0 Å². The van der Waals surface area contributed by atoms with Crippen molar-refractivity contribution in [1.82, 2.24) is 0 Å². The molecule has 1 nitrogen and oxygen atoms in total. The molecule has 0 radical (unpaired) electrons. The van der Waals surface area contributed by atoms with Crippen molar-refractivity contribution in [3.8, 4) is 0 Å². The second-order valence-electron chi connectivity index (χ2n) is 2.74. The third-order valence-corrected chi connectivity index (χ3v) is 1.75.